The maximum Gasteiger partial charge on any atom is 0.332 e. The highest BCUT2D eigenvalue weighted by atomic mass is 16.3. The Morgan fingerprint density at radius 1 is 1.14 bits per heavy atom. The van der Waals surface area contributed by atoms with Crippen molar-refractivity contribution in [2.75, 3.05) is 25.5 Å². The van der Waals surface area contributed by atoms with Gasteiger partial charge in [0.05, 0.1) is 11.7 Å². The van der Waals surface area contributed by atoms with Crippen LogP contribution >= 0.6 is 0 Å². The zero-order valence-corrected chi connectivity index (χ0v) is 20.9. The van der Waals surface area contributed by atoms with Crippen molar-refractivity contribution in [1.29, 1.82) is 0 Å². The van der Waals surface area contributed by atoms with Gasteiger partial charge in [0.25, 0.3) is 5.56 Å². The van der Waals surface area contributed by atoms with E-state index in [2.05, 4.69) is 14.9 Å². The number of amides is 4. The van der Waals surface area contributed by atoms with Crippen LogP contribution in [0.5, 0.6) is 5.88 Å². The number of carbonyl (C=O) groups is 3. The van der Waals surface area contributed by atoms with Crippen molar-refractivity contribution >= 4 is 35.4 Å². The summed E-state index contributed by atoms with van der Waals surface area (Å²) >= 11 is 0. The van der Waals surface area contributed by atoms with Crippen molar-refractivity contribution in [2.45, 2.75) is 45.2 Å². The van der Waals surface area contributed by atoms with Crippen LogP contribution in [0.15, 0.2) is 32.8 Å². The number of aromatic amines is 1. The number of imide groups is 2. The molecule has 5 rings (SSSR count). The lowest BCUT2D eigenvalue weighted by atomic mass is 9.68. The molecule has 0 radical (unpaired) electrons. The van der Waals surface area contributed by atoms with Crippen molar-refractivity contribution in [2.24, 2.45) is 10.4 Å². The Balaban J connectivity index is 1.56. The number of aromatic hydroxyl groups is 1. The molecule has 4 amide bonds. The minimum absolute atomic E-state index is 0.111. The third-order valence-electron chi connectivity index (χ3n) is 7.61. The first-order valence-corrected chi connectivity index (χ1v) is 12.2. The Labute approximate surface area is 211 Å². The molecule has 2 aromatic rings. The van der Waals surface area contributed by atoms with Crippen LogP contribution in [0.4, 0.5) is 16.2 Å². The summed E-state index contributed by atoms with van der Waals surface area (Å²) in [6.07, 6.45) is 3.34. The molecule has 12 heteroatoms. The van der Waals surface area contributed by atoms with Gasteiger partial charge in [0.1, 0.15) is 5.56 Å². The zero-order valence-electron chi connectivity index (χ0n) is 20.9. The fourth-order valence-corrected chi connectivity index (χ4v) is 5.85. The number of nitrogens with one attached hydrogen (secondary N) is 1. The molecule has 2 fully saturated rings. The van der Waals surface area contributed by atoms with E-state index in [0.29, 0.717) is 25.1 Å². The fraction of sp³-hybridized carbons (Fsp3) is 0.440. The van der Waals surface area contributed by atoms with Crippen molar-refractivity contribution in [3.8, 4) is 5.88 Å². The molecule has 2 saturated heterocycles. The van der Waals surface area contributed by atoms with Gasteiger partial charge in [-0.2, -0.15) is 0 Å². The van der Waals surface area contributed by atoms with E-state index in [1.54, 1.807) is 12.1 Å². The molecule has 0 aliphatic carbocycles. The van der Waals surface area contributed by atoms with Crippen molar-refractivity contribution in [1.82, 2.24) is 19.4 Å². The molecule has 1 spiro atoms. The van der Waals surface area contributed by atoms with Gasteiger partial charge in [-0.25, -0.2) is 9.59 Å². The standard InChI is InChI=1S/C25H28N6O6/c1-4-9-31-20(33)16(19(32)27-23(31)36)13-26-15-7-8-17-14(11-15)12-25(18-6-5-10-30(17)18)21(34)28(2)24(37)29(3)22(25)35/h7-8,11,13,18,33H,4-6,9-10,12H2,1-3H3,(H,27,32,36)/t18-/m1/s1. The Bertz CT molecular complexity index is 1450. The lowest BCUT2D eigenvalue weighted by Crippen LogP contribution is -2.70. The second-order valence-corrected chi connectivity index (χ2v) is 9.73. The Hall–Kier alpha value is -4.22. The minimum Gasteiger partial charge on any atom is -0.494 e. The number of nitrogens with zero attached hydrogens (tertiary/aromatic N) is 5. The van der Waals surface area contributed by atoms with E-state index in [0.717, 1.165) is 32.0 Å². The normalized spacial score (nSPS) is 20.8. The number of aliphatic imine (C=N–C) groups is 1. The molecule has 0 bridgehead atoms. The average Bonchev–Trinajstić information content (AvgIpc) is 3.38. The first-order valence-electron chi connectivity index (χ1n) is 12.2. The average molecular weight is 509 g/mol. The largest absolute Gasteiger partial charge is 0.494 e. The molecule has 1 aromatic carbocycles. The van der Waals surface area contributed by atoms with Gasteiger partial charge in [-0.3, -0.25) is 38.7 Å². The Morgan fingerprint density at radius 3 is 2.51 bits per heavy atom. The predicted molar refractivity (Wildman–Crippen MR) is 134 cm³/mol. The number of carbonyl (C=O) groups excluding carboxylic acids is 3. The molecule has 2 N–H and O–H groups in total. The van der Waals surface area contributed by atoms with E-state index in [1.807, 2.05) is 13.0 Å². The van der Waals surface area contributed by atoms with Gasteiger partial charge in [0.15, 0.2) is 5.41 Å². The van der Waals surface area contributed by atoms with E-state index in [4.69, 9.17) is 0 Å². The van der Waals surface area contributed by atoms with E-state index in [-0.39, 0.29) is 24.6 Å². The maximum absolute atomic E-state index is 13.5. The van der Waals surface area contributed by atoms with Crippen LogP contribution in [0.25, 0.3) is 0 Å². The minimum atomic E-state index is -1.42. The van der Waals surface area contributed by atoms with Gasteiger partial charge < -0.3 is 10.0 Å². The summed E-state index contributed by atoms with van der Waals surface area (Å²) in [5.41, 5.74) is -0.977. The summed E-state index contributed by atoms with van der Waals surface area (Å²) in [5, 5.41) is 10.5. The number of fused-ring (bicyclic) bond motifs is 4. The molecule has 12 nitrogen and oxygen atoms in total. The number of anilines is 1. The van der Waals surface area contributed by atoms with Crippen LogP contribution in [0, 0.1) is 5.41 Å². The van der Waals surface area contributed by atoms with Gasteiger partial charge in [0, 0.05) is 39.1 Å². The summed E-state index contributed by atoms with van der Waals surface area (Å²) in [4.78, 5) is 74.4. The second kappa shape index (κ2) is 8.71. The quantitative estimate of drug-likeness (QED) is 0.462. The zero-order chi connectivity index (χ0) is 26.6. The van der Waals surface area contributed by atoms with Gasteiger partial charge in [-0.15, -0.1) is 0 Å². The number of urea groups is 1. The van der Waals surface area contributed by atoms with E-state index < -0.39 is 40.4 Å². The van der Waals surface area contributed by atoms with E-state index in [1.165, 1.54) is 20.3 Å². The Kier molecular flexibility index (Phi) is 5.76. The molecule has 3 aliphatic rings. The van der Waals surface area contributed by atoms with Crippen molar-refractivity contribution in [3.05, 3.63) is 50.2 Å². The molecular formula is C25H28N6O6. The van der Waals surface area contributed by atoms with Gasteiger partial charge >= 0.3 is 11.7 Å². The lowest BCUT2D eigenvalue weighted by Gasteiger charge is -2.50. The van der Waals surface area contributed by atoms with Crippen LogP contribution in [-0.4, -0.2) is 75.2 Å². The second-order valence-electron chi connectivity index (χ2n) is 9.73. The lowest BCUT2D eigenvalue weighted by molar-refractivity contribution is -0.159. The van der Waals surface area contributed by atoms with Crippen LogP contribution in [0.1, 0.15) is 37.3 Å². The molecule has 3 aliphatic heterocycles. The maximum atomic E-state index is 13.5. The fourth-order valence-electron chi connectivity index (χ4n) is 5.85. The number of aromatic nitrogens is 2. The molecule has 0 saturated carbocycles. The smallest absolute Gasteiger partial charge is 0.332 e. The summed E-state index contributed by atoms with van der Waals surface area (Å²) < 4.78 is 1.07. The van der Waals surface area contributed by atoms with E-state index >= 15 is 0 Å². The highest BCUT2D eigenvalue weighted by Gasteiger charge is 2.63. The van der Waals surface area contributed by atoms with Crippen LogP contribution in [0.3, 0.4) is 0 Å². The highest BCUT2D eigenvalue weighted by molar-refractivity contribution is 6.20. The SMILES string of the molecule is CCCn1c(O)c(C=Nc2ccc3c(c2)CC2(C(=O)N(C)C(=O)N(C)C2=O)[C@H]2CCCN32)c(=O)[nH]c1=O. The van der Waals surface area contributed by atoms with Gasteiger partial charge in [-0.1, -0.05) is 6.92 Å². The summed E-state index contributed by atoms with van der Waals surface area (Å²) in [5.74, 6) is -1.48. The summed E-state index contributed by atoms with van der Waals surface area (Å²) in [6.45, 7) is 2.74. The van der Waals surface area contributed by atoms with Crippen molar-refractivity contribution in [3.63, 3.8) is 0 Å². The third kappa shape index (κ3) is 3.50. The number of H-pyrrole nitrogens is 1. The predicted octanol–water partition coefficient (Wildman–Crippen LogP) is 0.964. The summed E-state index contributed by atoms with van der Waals surface area (Å²) in [7, 11) is 2.79. The number of rotatable bonds is 4. The number of hydrogen-bond donors (Lipinski definition) is 2. The number of benzene rings is 1. The molecule has 0 unspecified atom stereocenters. The highest BCUT2D eigenvalue weighted by Crippen LogP contribution is 2.49. The van der Waals surface area contributed by atoms with Crippen molar-refractivity contribution < 1.29 is 19.5 Å². The Morgan fingerprint density at radius 2 is 1.84 bits per heavy atom. The molecule has 194 valence electrons. The molecular weight excluding hydrogens is 480 g/mol. The first kappa shape index (κ1) is 24.5. The molecule has 4 heterocycles. The van der Waals surface area contributed by atoms with Gasteiger partial charge in [0.2, 0.25) is 17.7 Å². The topological polar surface area (TPSA) is 148 Å². The first-order chi connectivity index (χ1) is 17.6. The van der Waals surface area contributed by atoms with Crippen LogP contribution in [-0.2, 0) is 22.6 Å². The third-order valence-corrected chi connectivity index (χ3v) is 7.61. The molecule has 1 aromatic heterocycles. The van der Waals surface area contributed by atoms with Gasteiger partial charge in [-0.05, 0) is 49.4 Å². The monoisotopic (exact) mass is 508 g/mol. The molecule has 1 atom stereocenters. The number of hydrogen-bond acceptors (Lipinski definition) is 8. The van der Waals surface area contributed by atoms with Crippen LogP contribution < -0.4 is 16.1 Å². The molecule has 37 heavy (non-hydrogen) atoms. The van der Waals surface area contributed by atoms with Crippen LogP contribution in [0.2, 0.25) is 0 Å². The number of barbiturate groups is 1. The van der Waals surface area contributed by atoms with E-state index in [9.17, 15) is 29.1 Å². The summed E-state index contributed by atoms with van der Waals surface area (Å²) in [6, 6.07) is 4.35.